The lowest BCUT2D eigenvalue weighted by molar-refractivity contribution is 0.0838. The quantitative estimate of drug-likeness (QED) is 0.771. The second-order valence-electron chi connectivity index (χ2n) is 3.86. The van der Waals surface area contributed by atoms with Crippen molar-refractivity contribution in [1.29, 1.82) is 0 Å². The number of nitrogens with one attached hydrogen (secondary N) is 1. The first-order valence-corrected chi connectivity index (χ1v) is 4.90. The van der Waals surface area contributed by atoms with Crippen LogP contribution in [0, 0.1) is 12.8 Å². The van der Waals surface area contributed by atoms with Gasteiger partial charge in [-0.15, -0.1) is 0 Å². The molecule has 0 saturated heterocycles. The standard InChI is InChI=1S/C10H16N2O3/c1-6(2)8(13)5-11-10(14)9-7(3)4-12-15-9/h4,6,8,13H,5H2,1-3H3,(H,11,14). The van der Waals surface area contributed by atoms with Crippen molar-refractivity contribution in [3.63, 3.8) is 0 Å². The summed E-state index contributed by atoms with van der Waals surface area (Å²) in [5, 5.41) is 15.6. The molecule has 1 amide bonds. The largest absolute Gasteiger partial charge is 0.391 e. The lowest BCUT2D eigenvalue weighted by Gasteiger charge is -2.14. The molecule has 5 heteroatoms. The van der Waals surface area contributed by atoms with Gasteiger partial charge in [0.05, 0.1) is 12.3 Å². The topological polar surface area (TPSA) is 75.4 Å². The molecule has 1 unspecified atom stereocenters. The van der Waals surface area contributed by atoms with Gasteiger partial charge in [0.1, 0.15) is 0 Å². The van der Waals surface area contributed by atoms with Crippen LogP contribution in [0.3, 0.4) is 0 Å². The molecule has 1 atom stereocenters. The van der Waals surface area contributed by atoms with E-state index >= 15 is 0 Å². The summed E-state index contributed by atoms with van der Waals surface area (Å²) >= 11 is 0. The maximum atomic E-state index is 11.5. The Morgan fingerprint density at radius 2 is 2.33 bits per heavy atom. The number of aliphatic hydroxyl groups excluding tert-OH is 1. The van der Waals surface area contributed by atoms with Crippen LogP contribution in [0.25, 0.3) is 0 Å². The lowest BCUT2D eigenvalue weighted by atomic mass is 10.1. The van der Waals surface area contributed by atoms with Gasteiger partial charge in [0, 0.05) is 12.1 Å². The fourth-order valence-electron chi connectivity index (χ4n) is 1.02. The van der Waals surface area contributed by atoms with Crippen molar-refractivity contribution < 1.29 is 14.4 Å². The van der Waals surface area contributed by atoms with Gasteiger partial charge >= 0.3 is 0 Å². The van der Waals surface area contributed by atoms with E-state index in [-0.39, 0.29) is 24.1 Å². The fraction of sp³-hybridized carbons (Fsp3) is 0.600. The number of aliphatic hydroxyl groups is 1. The van der Waals surface area contributed by atoms with Crippen molar-refractivity contribution in [3.8, 4) is 0 Å². The number of hydrogen-bond acceptors (Lipinski definition) is 4. The number of carbonyl (C=O) groups is 1. The molecule has 1 aromatic rings. The van der Waals surface area contributed by atoms with Crippen LogP contribution in [0.5, 0.6) is 0 Å². The Bertz CT molecular complexity index is 333. The average Bonchev–Trinajstić information content (AvgIpc) is 2.60. The Labute approximate surface area is 88.5 Å². The average molecular weight is 212 g/mol. The maximum Gasteiger partial charge on any atom is 0.290 e. The number of rotatable bonds is 4. The van der Waals surface area contributed by atoms with Gasteiger partial charge < -0.3 is 14.9 Å². The molecule has 0 saturated carbocycles. The summed E-state index contributed by atoms with van der Waals surface area (Å²) in [7, 11) is 0. The van der Waals surface area contributed by atoms with E-state index in [0.717, 1.165) is 0 Å². The number of amides is 1. The van der Waals surface area contributed by atoms with Gasteiger partial charge in [-0.1, -0.05) is 19.0 Å². The SMILES string of the molecule is Cc1cnoc1C(=O)NCC(O)C(C)C. The maximum absolute atomic E-state index is 11.5. The Balaban J connectivity index is 2.47. The van der Waals surface area contributed by atoms with Crippen LogP contribution in [0.4, 0.5) is 0 Å². The van der Waals surface area contributed by atoms with Crippen molar-refractivity contribution in [2.75, 3.05) is 6.54 Å². The molecule has 0 radical (unpaired) electrons. The van der Waals surface area contributed by atoms with Crippen LogP contribution in [0.15, 0.2) is 10.7 Å². The van der Waals surface area contributed by atoms with E-state index < -0.39 is 6.10 Å². The van der Waals surface area contributed by atoms with E-state index in [0.29, 0.717) is 5.56 Å². The smallest absolute Gasteiger partial charge is 0.290 e. The van der Waals surface area contributed by atoms with E-state index in [1.54, 1.807) is 6.92 Å². The van der Waals surface area contributed by atoms with E-state index in [9.17, 15) is 9.90 Å². The Morgan fingerprint density at radius 1 is 1.67 bits per heavy atom. The van der Waals surface area contributed by atoms with Crippen LogP contribution >= 0.6 is 0 Å². The van der Waals surface area contributed by atoms with Crippen LogP contribution in [0.1, 0.15) is 30.0 Å². The second-order valence-corrected chi connectivity index (χ2v) is 3.86. The van der Waals surface area contributed by atoms with Crippen LogP contribution in [0.2, 0.25) is 0 Å². The molecule has 84 valence electrons. The molecule has 1 heterocycles. The molecule has 0 fully saturated rings. The zero-order valence-electron chi connectivity index (χ0n) is 9.15. The van der Waals surface area contributed by atoms with Crippen LogP contribution < -0.4 is 5.32 Å². The van der Waals surface area contributed by atoms with E-state index in [4.69, 9.17) is 4.52 Å². The molecule has 2 N–H and O–H groups in total. The number of nitrogens with zero attached hydrogens (tertiary/aromatic N) is 1. The van der Waals surface area contributed by atoms with Crippen molar-refractivity contribution in [2.45, 2.75) is 26.9 Å². The van der Waals surface area contributed by atoms with Crippen molar-refractivity contribution >= 4 is 5.91 Å². The molecule has 15 heavy (non-hydrogen) atoms. The molecule has 0 aliphatic heterocycles. The first-order valence-electron chi connectivity index (χ1n) is 4.90. The highest BCUT2D eigenvalue weighted by molar-refractivity contribution is 5.92. The number of aromatic nitrogens is 1. The van der Waals surface area contributed by atoms with Gasteiger partial charge in [0.15, 0.2) is 0 Å². The second kappa shape index (κ2) is 4.93. The normalized spacial score (nSPS) is 12.9. The molecule has 1 aromatic heterocycles. The van der Waals surface area contributed by atoms with Crippen molar-refractivity contribution in [2.24, 2.45) is 5.92 Å². The Kier molecular flexibility index (Phi) is 3.85. The third-order valence-electron chi connectivity index (χ3n) is 2.20. The van der Waals surface area contributed by atoms with Crippen molar-refractivity contribution in [3.05, 3.63) is 17.5 Å². The molecule has 0 aliphatic rings. The first kappa shape index (κ1) is 11.7. The summed E-state index contributed by atoms with van der Waals surface area (Å²) in [6.07, 6.45) is 0.936. The van der Waals surface area contributed by atoms with E-state index in [2.05, 4.69) is 10.5 Å². The Morgan fingerprint density at radius 3 is 2.80 bits per heavy atom. The van der Waals surface area contributed by atoms with Gasteiger partial charge in [-0.05, 0) is 12.8 Å². The monoisotopic (exact) mass is 212 g/mol. The highest BCUT2D eigenvalue weighted by atomic mass is 16.5. The number of aryl methyl sites for hydroxylation is 1. The van der Waals surface area contributed by atoms with Gasteiger partial charge in [0.25, 0.3) is 5.91 Å². The third kappa shape index (κ3) is 3.06. The van der Waals surface area contributed by atoms with Crippen LogP contribution in [-0.4, -0.2) is 28.8 Å². The summed E-state index contributed by atoms with van der Waals surface area (Å²) in [5.41, 5.74) is 0.687. The molecule has 5 nitrogen and oxygen atoms in total. The van der Waals surface area contributed by atoms with Gasteiger partial charge in [-0.25, -0.2) is 0 Å². The predicted molar refractivity (Wildman–Crippen MR) is 54.4 cm³/mol. The van der Waals surface area contributed by atoms with Crippen LogP contribution in [-0.2, 0) is 0 Å². The predicted octanol–water partition coefficient (Wildman–Crippen LogP) is 0.730. The minimum atomic E-state index is -0.544. The summed E-state index contributed by atoms with van der Waals surface area (Å²) in [4.78, 5) is 11.5. The molecule has 1 rings (SSSR count). The van der Waals surface area contributed by atoms with Gasteiger partial charge in [-0.3, -0.25) is 4.79 Å². The van der Waals surface area contributed by atoms with Gasteiger partial charge in [-0.2, -0.15) is 0 Å². The number of carbonyl (C=O) groups excluding carboxylic acids is 1. The Hall–Kier alpha value is -1.36. The first-order chi connectivity index (χ1) is 7.02. The van der Waals surface area contributed by atoms with Crippen molar-refractivity contribution in [1.82, 2.24) is 10.5 Å². The lowest BCUT2D eigenvalue weighted by Crippen LogP contribution is -2.34. The number of hydrogen-bond donors (Lipinski definition) is 2. The summed E-state index contributed by atoms with van der Waals surface area (Å²) in [5.74, 6) is -0.0308. The summed E-state index contributed by atoms with van der Waals surface area (Å²) < 4.78 is 4.78. The molecule has 0 bridgehead atoms. The van der Waals surface area contributed by atoms with Gasteiger partial charge in [0.2, 0.25) is 5.76 Å². The molecular weight excluding hydrogens is 196 g/mol. The minimum Gasteiger partial charge on any atom is -0.391 e. The zero-order chi connectivity index (χ0) is 11.4. The minimum absolute atomic E-state index is 0.112. The van der Waals surface area contributed by atoms with E-state index in [1.807, 2.05) is 13.8 Å². The zero-order valence-corrected chi connectivity index (χ0v) is 9.15. The molecule has 0 spiro atoms. The molecular formula is C10H16N2O3. The summed E-state index contributed by atoms with van der Waals surface area (Å²) in [6, 6.07) is 0. The summed E-state index contributed by atoms with van der Waals surface area (Å²) in [6.45, 7) is 5.73. The highest BCUT2D eigenvalue weighted by Gasteiger charge is 2.16. The van der Waals surface area contributed by atoms with E-state index in [1.165, 1.54) is 6.20 Å². The third-order valence-corrected chi connectivity index (χ3v) is 2.20. The fourth-order valence-corrected chi connectivity index (χ4v) is 1.02. The molecule has 0 aromatic carbocycles. The molecule has 0 aliphatic carbocycles. The highest BCUT2D eigenvalue weighted by Crippen LogP contribution is 2.05.